The molecule has 2 amide bonds. The second kappa shape index (κ2) is 6.37. The second-order valence-corrected chi connectivity index (χ2v) is 8.21. The molecule has 2 aliphatic heterocycles. The standard InChI is InChI=1S/C16H28N2O2S/c1-2-4-15(5-6-15)11-17-14(19)18-13-3-8-20-16(10-13)7-9-21-12-16/h13H,2-12H2,1H3,(H2,17,18,19)/t13-,16+/m1/s1. The van der Waals surface area contributed by atoms with Gasteiger partial charge in [0.2, 0.25) is 0 Å². The van der Waals surface area contributed by atoms with Crippen molar-refractivity contribution < 1.29 is 9.53 Å². The van der Waals surface area contributed by atoms with Crippen molar-refractivity contribution in [2.24, 2.45) is 5.41 Å². The number of carbonyl (C=O) groups excluding carboxylic acids is 1. The lowest BCUT2D eigenvalue weighted by Crippen LogP contribution is -2.51. The van der Waals surface area contributed by atoms with Gasteiger partial charge in [-0.3, -0.25) is 0 Å². The molecule has 1 saturated carbocycles. The van der Waals surface area contributed by atoms with Crippen LogP contribution in [0.2, 0.25) is 0 Å². The Bertz CT molecular complexity index is 378. The van der Waals surface area contributed by atoms with Gasteiger partial charge in [0.1, 0.15) is 0 Å². The molecule has 3 aliphatic rings. The molecule has 5 heteroatoms. The maximum atomic E-state index is 12.1. The Kier molecular flexibility index (Phi) is 4.69. The van der Waals surface area contributed by atoms with Gasteiger partial charge >= 0.3 is 6.03 Å². The lowest BCUT2D eigenvalue weighted by atomic mass is 9.90. The summed E-state index contributed by atoms with van der Waals surface area (Å²) in [6.07, 6.45) is 8.07. The number of hydrogen-bond donors (Lipinski definition) is 2. The molecule has 1 aliphatic carbocycles. The number of nitrogens with one attached hydrogen (secondary N) is 2. The van der Waals surface area contributed by atoms with E-state index in [2.05, 4.69) is 17.6 Å². The Morgan fingerprint density at radius 3 is 2.90 bits per heavy atom. The van der Waals surface area contributed by atoms with E-state index >= 15 is 0 Å². The molecule has 2 heterocycles. The molecule has 0 aromatic carbocycles. The smallest absolute Gasteiger partial charge is 0.315 e. The Morgan fingerprint density at radius 2 is 2.24 bits per heavy atom. The monoisotopic (exact) mass is 312 g/mol. The maximum Gasteiger partial charge on any atom is 0.315 e. The van der Waals surface area contributed by atoms with Gasteiger partial charge in [-0.15, -0.1) is 0 Å². The van der Waals surface area contributed by atoms with Crippen molar-refractivity contribution in [2.75, 3.05) is 24.7 Å². The fraction of sp³-hybridized carbons (Fsp3) is 0.938. The van der Waals surface area contributed by atoms with Gasteiger partial charge in [0.15, 0.2) is 0 Å². The van der Waals surface area contributed by atoms with E-state index in [4.69, 9.17) is 4.74 Å². The first-order valence-electron chi connectivity index (χ1n) is 8.41. The van der Waals surface area contributed by atoms with Crippen LogP contribution in [-0.4, -0.2) is 42.3 Å². The number of carbonyl (C=O) groups is 1. The van der Waals surface area contributed by atoms with Crippen molar-refractivity contribution in [1.82, 2.24) is 10.6 Å². The van der Waals surface area contributed by atoms with Crippen molar-refractivity contribution in [2.45, 2.75) is 63.5 Å². The van der Waals surface area contributed by atoms with Gasteiger partial charge in [-0.05, 0) is 49.7 Å². The molecule has 2 atom stereocenters. The Hall–Kier alpha value is -0.420. The van der Waals surface area contributed by atoms with Crippen LogP contribution in [0.5, 0.6) is 0 Å². The zero-order chi connectivity index (χ0) is 14.8. The number of hydrogen-bond acceptors (Lipinski definition) is 3. The molecule has 0 aromatic rings. The van der Waals surface area contributed by atoms with Crippen LogP contribution in [0.3, 0.4) is 0 Å². The largest absolute Gasteiger partial charge is 0.374 e. The quantitative estimate of drug-likeness (QED) is 0.820. The lowest BCUT2D eigenvalue weighted by molar-refractivity contribution is -0.0684. The average molecular weight is 312 g/mol. The molecular weight excluding hydrogens is 284 g/mol. The highest BCUT2D eigenvalue weighted by molar-refractivity contribution is 7.99. The molecule has 0 bridgehead atoms. The third-order valence-electron chi connectivity index (χ3n) is 5.26. The Morgan fingerprint density at radius 1 is 1.38 bits per heavy atom. The molecule has 4 nitrogen and oxygen atoms in total. The molecule has 3 rings (SSSR count). The minimum absolute atomic E-state index is 0.0186. The molecule has 0 radical (unpaired) electrons. The van der Waals surface area contributed by atoms with Crippen LogP contribution in [0.25, 0.3) is 0 Å². The number of amides is 2. The van der Waals surface area contributed by atoms with Crippen molar-refractivity contribution >= 4 is 17.8 Å². The minimum Gasteiger partial charge on any atom is -0.374 e. The Labute approximate surface area is 132 Å². The molecule has 2 N–H and O–H groups in total. The van der Waals surface area contributed by atoms with Gasteiger partial charge in [-0.25, -0.2) is 4.79 Å². The number of urea groups is 1. The first kappa shape index (κ1) is 15.5. The van der Waals surface area contributed by atoms with Gasteiger partial charge in [0, 0.05) is 24.9 Å². The summed E-state index contributed by atoms with van der Waals surface area (Å²) in [6.45, 7) is 3.85. The predicted molar refractivity (Wildman–Crippen MR) is 86.8 cm³/mol. The van der Waals surface area contributed by atoms with Gasteiger partial charge < -0.3 is 15.4 Å². The van der Waals surface area contributed by atoms with Crippen LogP contribution in [0, 0.1) is 5.41 Å². The summed E-state index contributed by atoms with van der Waals surface area (Å²) in [5.41, 5.74) is 0.464. The number of rotatable bonds is 5. The van der Waals surface area contributed by atoms with Crippen molar-refractivity contribution in [3.63, 3.8) is 0 Å². The third kappa shape index (κ3) is 3.86. The topological polar surface area (TPSA) is 50.4 Å². The number of thioether (sulfide) groups is 1. The van der Waals surface area contributed by atoms with E-state index in [1.807, 2.05) is 11.8 Å². The first-order chi connectivity index (χ1) is 10.2. The fourth-order valence-electron chi connectivity index (χ4n) is 3.74. The summed E-state index contributed by atoms with van der Waals surface area (Å²) in [5.74, 6) is 2.28. The van der Waals surface area contributed by atoms with Crippen molar-refractivity contribution in [3.05, 3.63) is 0 Å². The highest BCUT2D eigenvalue weighted by Crippen LogP contribution is 2.48. The van der Waals surface area contributed by atoms with Gasteiger partial charge in [-0.1, -0.05) is 13.3 Å². The predicted octanol–water partition coefficient (Wildman–Crippen LogP) is 2.92. The van der Waals surface area contributed by atoms with E-state index in [1.54, 1.807) is 0 Å². The van der Waals surface area contributed by atoms with Crippen LogP contribution in [0.15, 0.2) is 0 Å². The Balaban J connectivity index is 1.42. The number of ether oxygens (including phenoxy) is 1. The van der Waals surface area contributed by atoms with Crippen LogP contribution < -0.4 is 10.6 Å². The molecule has 0 aromatic heterocycles. The molecule has 2 saturated heterocycles. The highest BCUT2D eigenvalue weighted by Gasteiger charge is 2.42. The SMILES string of the molecule is CCCC1(CNC(=O)N[C@@H]2CCO[C@@]3(CCSC3)C2)CC1. The molecule has 1 spiro atoms. The zero-order valence-electron chi connectivity index (χ0n) is 13.1. The van der Waals surface area contributed by atoms with E-state index in [9.17, 15) is 4.79 Å². The summed E-state index contributed by atoms with van der Waals surface area (Å²) >= 11 is 1.97. The average Bonchev–Trinajstić information content (AvgIpc) is 3.10. The molecule has 120 valence electrons. The highest BCUT2D eigenvalue weighted by atomic mass is 32.2. The van der Waals surface area contributed by atoms with Gasteiger partial charge in [0.25, 0.3) is 0 Å². The molecular formula is C16H28N2O2S. The minimum atomic E-state index is 0.0186. The summed E-state index contributed by atoms with van der Waals surface area (Å²) in [5, 5.41) is 6.27. The normalized spacial score (nSPS) is 33.9. The summed E-state index contributed by atoms with van der Waals surface area (Å²) < 4.78 is 6.00. The van der Waals surface area contributed by atoms with Crippen LogP contribution >= 0.6 is 11.8 Å². The fourth-order valence-corrected chi connectivity index (χ4v) is 5.12. The zero-order valence-corrected chi connectivity index (χ0v) is 13.9. The molecule has 21 heavy (non-hydrogen) atoms. The van der Waals surface area contributed by atoms with Crippen molar-refractivity contribution in [1.29, 1.82) is 0 Å². The van der Waals surface area contributed by atoms with Gasteiger partial charge in [0.05, 0.1) is 5.60 Å². The third-order valence-corrected chi connectivity index (χ3v) is 6.48. The van der Waals surface area contributed by atoms with Crippen molar-refractivity contribution in [3.8, 4) is 0 Å². The second-order valence-electron chi connectivity index (χ2n) is 7.10. The van der Waals surface area contributed by atoms with E-state index < -0.39 is 0 Å². The van der Waals surface area contributed by atoms with Crippen LogP contribution in [0.4, 0.5) is 4.79 Å². The van der Waals surface area contributed by atoms with Crippen LogP contribution in [-0.2, 0) is 4.74 Å². The first-order valence-corrected chi connectivity index (χ1v) is 9.57. The lowest BCUT2D eigenvalue weighted by Gasteiger charge is -2.38. The molecule has 0 unspecified atom stereocenters. The summed E-state index contributed by atoms with van der Waals surface area (Å²) in [6, 6.07) is 0.295. The molecule has 3 fully saturated rings. The van der Waals surface area contributed by atoms with E-state index in [1.165, 1.54) is 31.4 Å². The maximum absolute atomic E-state index is 12.1. The van der Waals surface area contributed by atoms with E-state index in [0.29, 0.717) is 5.41 Å². The summed E-state index contributed by atoms with van der Waals surface area (Å²) in [4.78, 5) is 12.1. The van der Waals surface area contributed by atoms with Gasteiger partial charge in [-0.2, -0.15) is 11.8 Å². The van der Waals surface area contributed by atoms with Crippen LogP contribution in [0.1, 0.15) is 51.9 Å². The summed E-state index contributed by atoms with van der Waals surface area (Å²) in [7, 11) is 0. The van der Waals surface area contributed by atoms with E-state index in [-0.39, 0.29) is 17.7 Å². The van der Waals surface area contributed by atoms with E-state index in [0.717, 1.165) is 38.2 Å².